The summed E-state index contributed by atoms with van der Waals surface area (Å²) in [5.41, 5.74) is 1.52. The SMILES string of the molecule is COC(=O)[C@@H](NC(=O)OCc1ccccc1)[C@H](NC(=O)OC(C)(C)C)c1ccc(N(C)C)cc1. The van der Waals surface area contributed by atoms with Crippen LogP contribution in [0.1, 0.15) is 37.9 Å². The summed E-state index contributed by atoms with van der Waals surface area (Å²) in [5.74, 6) is -0.755. The van der Waals surface area contributed by atoms with Gasteiger partial charge in [0.15, 0.2) is 6.04 Å². The molecule has 0 aliphatic rings. The minimum atomic E-state index is -1.27. The number of hydrogen-bond donors (Lipinski definition) is 2. The standard InChI is InChI=1S/C25H33N3O6/c1-25(2,3)34-24(31)26-20(18-12-14-19(15-13-18)28(4)5)21(22(29)32-6)27-23(30)33-16-17-10-8-7-9-11-17/h7-15,20-21H,16H2,1-6H3,(H,26,31)(H,27,30)/t20-,21+/m1/s1. The maximum atomic E-state index is 12.7. The molecule has 0 aliphatic carbocycles. The van der Waals surface area contributed by atoms with Gasteiger partial charge in [-0.15, -0.1) is 0 Å². The van der Waals surface area contributed by atoms with Crippen LogP contribution in [-0.4, -0.2) is 51.0 Å². The summed E-state index contributed by atoms with van der Waals surface area (Å²) < 4.78 is 15.6. The van der Waals surface area contributed by atoms with Crippen molar-refractivity contribution < 1.29 is 28.6 Å². The van der Waals surface area contributed by atoms with Crippen molar-refractivity contribution in [3.8, 4) is 0 Å². The number of carbonyl (C=O) groups excluding carboxylic acids is 3. The third-order valence-corrected chi connectivity index (χ3v) is 4.72. The zero-order chi connectivity index (χ0) is 25.3. The van der Waals surface area contributed by atoms with Crippen LogP contribution in [0, 0.1) is 0 Å². The summed E-state index contributed by atoms with van der Waals surface area (Å²) in [6.07, 6.45) is -1.58. The van der Waals surface area contributed by atoms with Crippen molar-refractivity contribution in [1.82, 2.24) is 10.6 Å². The molecule has 0 aromatic heterocycles. The number of methoxy groups -OCH3 is 1. The monoisotopic (exact) mass is 471 g/mol. The molecule has 0 saturated heterocycles. The van der Waals surface area contributed by atoms with Crippen molar-refractivity contribution in [1.29, 1.82) is 0 Å². The van der Waals surface area contributed by atoms with E-state index in [9.17, 15) is 14.4 Å². The molecule has 9 heteroatoms. The maximum Gasteiger partial charge on any atom is 0.408 e. The van der Waals surface area contributed by atoms with Gasteiger partial charge in [0.25, 0.3) is 0 Å². The highest BCUT2D eigenvalue weighted by Gasteiger charge is 2.35. The summed E-state index contributed by atoms with van der Waals surface area (Å²) in [6.45, 7) is 5.20. The molecule has 0 radical (unpaired) electrons. The topological polar surface area (TPSA) is 106 Å². The van der Waals surface area contributed by atoms with Crippen molar-refractivity contribution in [2.45, 2.75) is 45.1 Å². The number of ether oxygens (including phenoxy) is 3. The Morgan fingerprint density at radius 2 is 1.53 bits per heavy atom. The fraction of sp³-hybridized carbons (Fsp3) is 0.400. The number of esters is 1. The van der Waals surface area contributed by atoms with Gasteiger partial charge in [-0.1, -0.05) is 42.5 Å². The molecular weight excluding hydrogens is 438 g/mol. The van der Waals surface area contributed by atoms with Crippen molar-refractivity contribution in [3.05, 3.63) is 65.7 Å². The summed E-state index contributed by atoms with van der Waals surface area (Å²) in [6, 6.07) is 14.0. The molecule has 0 saturated carbocycles. The third-order valence-electron chi connectivity index (χ3n) is 4.72. The molecule has 2 rings (SSSR count). The number of amides is 2. The van der Waals surface area contributed by atoms with Crippen molar-refractivity contribution >= 4 is 23.8 Å². The van der Waals surface area contributed by atoms with Gasteiger partial charge in [0, 0.05) is 19.8 Å². The Balaban J connectivity index is 2.29. The summed E-state index contributed by atoms with van der Waals surface area (Å²) in [7, 11) is 4.99. The van der Waals surface area contributed by atoms with E-state index in [0.717, 1.165) is 11.3 Å². The smallest absolute Gasteiger partial charge is 0.408 e. The van der Waals surface area contributed by atoms with Gasteiger partial charge in [-0.25, -0.2) is 14.4 Å². The fourth-order valence-corrected chi connectivity index (χ4v) is 3.07. The van der Waals surface area contributed by atoms with E-state index < -0.39 is 35.8 Å². The Hall–Kier alpha value is -3.75. The van der Waals surface area contributed by atoms with Crippen LogP contribution in [0.5, 0.6) is 0 Å². The van der Waals surface area contributed by atoms with Gasteiger partial charge in [-0.05, 0) is 44.0 Å². The number of benzene rings is 2. The van der Waals surface area contributed by atoms with Gasteiger partial charge in [-0.2, -0.15) is 0 Å². The number of nitrogens with one attached hydrogen (secondary N) is 2. The first-order valence-electron chi connectivity index (χ1n) is 10.8. The molecule has 2 amide bonds. The molecule has 9 nitrogen and oxygen atoms in total. The first kappa shape index (κ1) is 26.5. The number of alkyl carbamates (subject to hydrolysis) is 2. The second-order valence-electron chi connectivity index (χ2n) is 8.82. The van der Waals surface area contributed by atoms with E-state index in [1.165, 1.54) is 7.11 Å². The molecule has 0 fully saturated rings. The quantitative estimate of drug-likeness (QED) is 0.446. The minimum Gasteiger partial charge on any atom is -0.467 e. The number of carbonyl (C=O) groups is 3. The summed E-state index contributed by atoms with van der Waals surface area (Å²) >= 11 is 0. The average molecular weight is 472 g/mol. The Morgan fingerprint density at radius 3 is 2.06 bits per heavy atom. The fourth-order valence-electron chi connectivity index (χ4n) is 3.07. The van der Waals surface area contributed by atoms with Crippen LogP contribution in [0.3, 0.4) is 0 Å². The Bertz CT molecular complexity index is 955. The molecule has 0 unspecified atom stereocenters. The van der Waals surface area contributed by atoms with Crippen molar-refractivity contribution in [2.75, 3.05) is 26.1 Å². The second-order valence-corrected chi connectivity index (χ2v) is 8.82. The normalized spacial score (nSPS) is 12.6. The number of rotatable bonds is 8. The Kier molecular flexibility index (Phi) is 9.29. The van der Waals surface area contributed by atoms with E-state index in [2.05, 4.69) is 10.6 Å². The Morgan fingerprint density at radius 1 is 0.912 bits per heavy atom. The van der Waals surface area contributed by atoms with Crippen LogP contribution in [0.25, 0.3) is 0 Å². The predicted octanol–water partition coefficient (Wildman–Crippen LogP) is 3.79. The van der Waals surface area contributed by atoms with E-state index in [1.807, 2.05) is 61.5 Å². The van der Waals surface area contributed by atoms with Crippen LogP contribution >= 0.6 is 0 Å². The van der Waals surface area contributed by atoms with Crippen LogP contribution in [-0.2, 0) is 25.6 Å². The molecule has 2 aromatic rings. The minimum absolute atomic E-state index is 0.0161. The first-order valence-corrected chi connectivity index (χ1v) is 10.8. The van der Waals surface area contributed by atoms with E-state index in [0.29, 0.717) is 5.56 Å². The highest BCUT2D eigenvalue weighted by atomic mass is 16.6. The molecular formula is C25H33N3O6. The number of hydrogen-bond acceptors (Lipinski definition) is 7. The van der Waals surface area contributed by atoms with E-state index in [4.69, 9.17) is 14.2 Å². The average Bonchev–Trinajstić information content (AvgIpc) is 2.79. The van der Waals surface area contributed by atoms with E-state index >= 15 is 0 Å². The molecule has 0 heterocycles. The van der Waals surface area contributed by atoms with Gasteiger partial charge in [-0.3, -0.25) is 0 Å². The molecule has 184 valence electrons. The number of anilines is 1. The van der Waals surface area contributed by atoms with Crippen LogP contribution in [0.4, 0.5) is 15.3 Å². The molecule has 2 N–H and O–H groups in total. The zero-order valence-corrected chi connectivity index (χ0v) is 20.5. The molecule has 0 aliphatic heterocycles. The molecule has 0 bridgehead atoms. The third kappa shape index (κ3) is 8.31. The summed E-state index contributed by atoms with van der Waals surface area (Å²) in [5, 5.41) is 5.21. The van der Waals surface area contributed by atoms with E-state index in [-0.39, 0.29) is 6.61 Å². The lowest BCUT2D eigenvalue weighted by molar-refractivity contribution is -0.143. The molecule has 0 spiro atoms. The largest absolute Gasteiger partial charge is 0.467 e. The molecule has 2 atom stereocenters. The van der Waals surface area contributed by atoms with Gasteiger partial charge < -0.3 is 29.7 Å². The Labute approximate surface area is 200 Å². The lowest BCUT2D eigenvalue weighted by atomic mass is 9.98. The number of nitrogens with zero attached hydrogens (tertiary/aromatic N) is 1. The predicted molar refractivity (Wildman–Crippen MR) is 128 cm³/mol. The first-order chi connectivity index (χ1) is 16.0. The highest BCUT2D eigenvalue weighted by Crippen LogP contribution is 2.23. The van der Waals surface area contributed by atoms with Crippen LogP contribution in [0.2, 0.25) is 0 Å². The summed E-state index contributed by atoms with van der Waals surface area (Å²) in [4.78, 5) is 39.7. The van der Waals surface area contributed by atoms with E-state index in [1.54, 1.807) is 32.9 Å². The highest BCUT2D eigenvalue weighted by molar-refractivity contribution is 5.83. The van der Waals surface area contributed by atoms with Gasteiger partial charge in [0.2, 0.25) is 0 Å². The zero-order valence-electron chi connectivity index (χ0n) is 20.5. The van der Waals surface area contributed by atoms with Gasteiger partial charge in [0.05, 0.1) is 13.2 Å². The van der Waals surface area contributed by atoms with Crippen molar-refractivity contribution in [2.24, 2.45) is 0 Å². The van der Waals surface area contributed by atoms with Crippen LogP contribution in [0.15, 0.2) is 54.6 Å². The van der Waals surface area contributed by atoms with Crippen molar-refractivity contribution in [3.63, 3.8) is 0 Å². The lowest BCUT2D eigenvalue weighted by Crippen LogP contribution is -2.51. The molecule has 2 aromatic carbocycles. The molecule has 34 heavy (non-hydrogen) atoms. The van der Waals surface area contributed by atoms with Gasteiger partial charge >= 0.3 is 18.2 Å². The lowest BCUT2D eigenvalue weighted by Gasteiger charge is -2.29. The van der Waals surface area contributed by atoms with Gasteiger partial charge in [0.1, 0.15) is 12.2 Å². The maximum absolute atomic E-state index is 12.7. The van der Waals surface area contributed by atoms with Crippen LogP contribution < -0.4 is 15.5 Å². The second kappa shape index (κ2) is 11.9.